The van der Waals surface area contributed by atoms with E-state index in [4.69, 9.17) is 4.74 Å². The molecule has 3 N–H and O–H groups in total. The molecule has 7 heteroatoms. The van der Waals surface area contributed by atoms with Gasteiger partial charge in [-0.25, -0.2) is 5.10 Å². The predicted molar refractivity (Wildman–Crippen MR) is 77.2 cm³/mol. The SMILES string of the molecule is COCC(O)CCNC(=O)c1n[nH]c(=O)c2ccccc12. The molecule has 2 rings (SSSR count). The number of carbonyl (C=O) groups is 1. The number of ether oxygens (including phenoxy) is 1. The Hall–Kier alpha value is -2.25. The molecule has 1 aromatic carbocycles. The van der Waals surface area contributed by atoms with Crippen molar-refractivity contribution in [2.24, 2.45) is 0 Å². The molecule has 1 atom stereocenters. The summed E-state index contributed by atoms with van der Waals surface area (Å²) < 4.78 is 4.80. The Morgan fingerprint density at radius 2 is 2.14 bits per heavy atom. The molecule has 7 nitrogen and oxygen atoms in total. The number of benzene rings is 1. The molecule has 0 aliphatic heterocycles. The van der Waals surface area contributed by atoms with Gasteiger partial charge in [-0.1, -0.05) is 18.2 Å². The molecule has 2 aromatic rings. The van der Waals surface area contributed by atoms with E-state index in [1.165, 1.54) is 7.11 Å². The van der Waals surface area contributed by atoms with E-state index < -0.39 is 12.0 Å². The minimum Gasteiger partial charge on any atom is -0.391 e. The van der Waals surface area contributed by atoms with E-state index in [1.807, 2.05) is 0 Å². The number of rotatable bonds is 6. The maximum absolute atomic E-state index is 12.1. The Labute approximate surface area is 120 Å². The van der Waals surface area contributed by atoms with Crippen LogP contribution >= 0.6 is 0 Å². The van der Waals surface area contributed by atoms with Crippen molar-refractivity contribution in [1.82, 2.24) is 15.5 Å². The van der Waals surface area contributed by atoms with Crippen LogP contribution in [0.3, 0.4) is 0 Å². The number of fused-ring (bicyclic) bond motifs is 1. The number of methoxy groups -OCH3 is 1. The highest BCUT2D eigenvalue weighted by Crippen LogP contribution is 2.11. The van der Waals surface area contributed by atoms with Gasteiger partial charge in [0.15, 0.2) is 5.69 Å². The van der Waals surface area contributed by atoms with Crippen molar-refractivity contribution < 1.29 is 14.6 Å². The fourth-order valence-corrected chi connectivity index (χ4v) is 2.00. The topological polar surface area (TPSA) is 104 Å². The number of nitrogens with one attached hydrogen (secondary N) is 2. The van der Waals surface area contributed by atoms with Gasteiger partial charge in [0.1, 0.15) is 0 Å². The Balaban J connectivity index is 2.10. The molecule has 1 heterocycles. The lowest BCUT2D eigenvalue weighted by Crippen LogP contribution is -2.30. The highest BCUT2D eigenvalue weighted by Gasteiger charge is 2.14. The first-order chi connectivity index (χ1) is 10.1. The summed E-state index contributed by atoms with van der Waals surface area (Å²) in [7, 11) is 1.50. The van der Waals surface area contributed by atoms with Gasteiger partial charge < -0.3 is 15.2 Å². The van der Waals surface area contributed by atoms with Gasteiger partial charge in [0.25, 0.3) is 11.5 Å². The molecule has 0 saturated carbocycles. The zero-order chi connectivity index (χ0) is 15.2. The van der Waals surface area contributed by atoms with Crippen LogP contribution in [-0.2, 0) is 4.74 Å². The van der Waals surface area contributed by atoms with Crippen LogP contribution in [0.1, 0.15) is 16.9 Å². The Bertz CT molecular complexity index is 683. The third-order valence-electron chi connectivity index (χ3n) is 3.03. The summed E-state index contributed by atoms with van der Waals surface area (Å²) in [6.07, 6.45) is -0.253. The zero-order valence-corrected chi connectivity index (χ0v) is 11.6. The summed E-state index contributed by atoms with van der Waals surface area (Å²) in [4.78, 5) is 23.7. The fourth-order valence-electron chi connectivity index (χ4n) is 2.00. The molecular weight excluding hydrogens is 274 g/mol. The van der Waals surface area contributed by atoms with E-state index in [0.29, 0.717) is 23.7 Å². The maximum atomic E-state index is 12.1. The second kappa shape index (κ2) is 6.96. The average Bonchev–Trinajstić information content (AvgIpc) is 2.48. The maximum Gasteiger partial charge on any atom is 0.272 e. The average molecular weight is 291 g/mol. The highest BCUT2D eigenvalue weighted by atomic mass is 16.5. The van der Waals surface area contributed by atoms with Crippen molar-refractivity contribution in [2.45, 2.75) is 12.5 Å². The zero-order valence-electron chi connectivity index (χ0n) is 11.6. The van der Waals surface area contributed by atoms with Gasteiger partial charge in [-0.05, 0) is 12.5 Å². The number of aliphatic hydroxyl groups excluding tert-OH is 1. The first-order valence-corrected chi connectivity index (χ1v) is 6.56. The standard InChI is InChI=1S/C14H17N3O4/c1-21-8-9(18)6-7-15-14(20)12-10-4-2-3-5-11(10)13(19)17-16-12/h2-5,9,18H,6-8H2,1H3,(H,15,20)(H,17,19). The van der Waals surface area contributed by atoms with Gasteiger partial charge in [0.05, 0.1) is 18.1 Å². The van der Waals surface area contributed by atoms with E-state index in [-0.39, 0.29) is 17.9 Å². The van der Waals surface area contributed by atoms with Crippen LogP contribution in [0.15, 0.2) is 29.1 Å². The van der Waals surface area contributed by atoms with Gasteiger partial charge in [-0.2, -0.15) is 5.10 Å². The van der Waals surface area contributed by atoms with Gasteiger partial charge in [0, 0.05) is 19.0 Å². The largest absolute Gasteiger partial charge is 0.391 e. The minimum absolute atomic E-state index is 0.159. The van der Waals surface area contributed by atoms with Gasteiger partial charge in [-0.3, -0.25) is 9.59 Å². The second-order valence-corrected chi connectivity index (χ2v) is 4.60. The quantitative estimate of drug-likeness (QED) is 0.697. The number of aromatic nitrogens is 2. The smallest absolute Gasteiger partial charge is 0.272 e. The van der Waals surface area contributed by atoms with Crippen molar-refractivity contribution in [3.8, 4) is 0 Å². The number of aromatic amines is 1. The number of hydrogen-bond donors (Lipinski definition) is 3. The molecule has 0 radical (unpaired) electrons. The van der Waals surface area contributed by atoms with E-state index >= 15 is 0 Å². The van der Waals surface area contributed by atoms with Crippen molar-refractivity contribution in [3.63, 3.8) is 0 Å². The summed E-state index contributed by atoms with van der Waals surface area (Å²) in [6.45, 7) is 0.508. The molecule has 0 bridgehead atoms. The first kappa shape index (κ1) is 15.1. The molecule has 1 aromatic heterocycles. The lowest BCUT2D eigenvalue weighted by Gasteiger charge is -2.10. The van der Waals surface area contributed by atoms with Crippen molar-refractivity contribution >= 4 is 16.7 Å². The van der Waals surface area contributed by atoms with E-state index in [0.717, 1.165) is 0 Å². The van der Waals surface area contributed by atoms with Crippen LogP contribution in [0.2, 0.25) is 0 Å². The molecule has 21 heavy (non-hydrogen) atoms. The Morgan fingerprint density at radius 1 is 1.43 bits per heavy atom. The van der Waals surface area contributed by atoms with E-state index in [2.05, 4.69) is 15.5 Å². The second-order valence-electron chi connectivity index (χ2n) is 4.60. The monoisotopic (exact) mass is 291 g/mol. The number of H-pyrrole nitrogens is 1. The normalized spacial score (nSPS) is 12.3. The van der Waals surface area contributed by atoms with Gasteiger partial charge >= 0.3 is 0 Å². The number of amides is 1. The first-order valence-electron chi connectivity index (χ1n) is 6.56. The predicted octanol–water partition coefficient (Wildman–Crippen LogP) is 0.0503. The van der Waals surface area contributed by atoms with Crippen LogP contribution in [0.4, 0.5) is 0 Å². The summed E-state index contributed by atoms with van der Waals surface area (Å²) in [5, 5.41) is 19.2. The van der Waals surface area contributed by atoms with Crippen molar-refractivity contribution in [3.05, 3.63) is 40.3 Å². The molecule has 0 spiro atoms. The molecular formula is C14H17N3O4. The number of nitrogens with zero attached hydrogens (tertiary/aromatic N) is 1. The molecule has 0 aliphatic rings. The number of hydrogen-bond acceptors (Lipinski definition) is 5. The van der Waals surface area contributed by atoms with E-state index in [1.54, 1.807) is 24.3 Å². The summed E-state index contributed by atoms with van der Waals surface area (Å²) in [5.74, 6) is -0.396. The third-order valence-corrected chi connectivity index (χ3v) is 3.03. The molecule has 1 unspecified atom stereocenters. The highest BCUT2D eigenvalue weighted by molar-refractivity contribution is 6.04. The molecule has 0 saturated heterocycles. The fraction of sp³-hybridized carbons (Fsp3) is 0.357. The number of carbonyl (C=O) groups excluding carboxylic acids is 1. The number of aliphatic hydroxyl groups is 1. The third kappa shape index (κ3) is 3.65. The lowest BCUT2D eigenvalue weighted by atomic mass is 10.1. The van der Waals surface area contributed by atoms with Crippen molar-refractivity contribution in [1.29, 1.82) is 0 Å². The van der Waals surface area contributed by atoms with Crippen molar-refractivity contribution in [2.75, 3.05) is 20.3 Å². The molecule has 1 amide bonds. The molecule has 0 fully saturated rings. The van der Waals surface area contributed by atoms with E-state index in [9.17, 15) is 14.7 Å². The summed E-state index contributed by atoms with van der Waals surface area (Å²) in [6, 6.07) is 6.77. The molecule has 0 aliphatic carbocycles. The Kier molecular flexibility index (Phi) is 5.02. The Morgan fingerprint density at radius 3 is 2.86 bits per heavy atom. The van der Waals surface area contributed by atoms with Crippen LogP contribution in [0.5, 0.6) is 0 Å². The summed E-state index contributed by atoms with van der Waals surface area (Å²) >= 11 is 0. The van der Waals surface area contributed by atoms with Crippen LogP contribution < -0.4 is 10.9 Å². The van der Waals surface area contributed by atoms with Crippen LogP contribution in [0.25, 0.3) is 10.8 Å². The summed E-state index contributed by atoms with van der Waals surface area (Å²) in [5.41, 5.74) is -0.177. The minimum atomic E-state index is -0.629. The van der Waals surface area contributed by atoms with Crippen LogP contribution in [0, 0.1) is 0 Å². The van der Waals surface area contributed by atoms with Gasteiger partial charge in [-0.15, -0.1) is 0 Å². The van der Waals surface area contributed by atoms with Gasteiger partial charge in [0.2, 0.25) is 0 Å². The lowest BCUT2D eigenvalue weighted by molar-refractivity contribution is 0.0587. The molecule has 112 valence electrons. The van der Waals surface area contributed by atoms with Crippen LogP contribution in [-0.4, -0.2) is 47.6 Å².